The van der Waals surface area contributed by atoms with Gasteiger partial charge in [0, 0.05) is 24.1 Å². The Morgan fingerprint density at radius 2 is 2.33 bits per heavy atom. The quantitative estimate of drug-likeness (QED) is 0.700. The molecule has 1 aliphatic heterocycles. The zero-order valence-corrected chi connectivity index (χ0v) is 8.40. The van der Waals surface area contributed by atoms with Crippen LogP contribution in [0.15, 0.2) is 23.4 Å². The SMILES string of the molecule is CC1CC(=O)NN=C1c1ccc(N)nc1. The molecule has 0 spiro atoms. The summed E-state index contributed by atoms with van der Waals surface area (Å²) in [6.45, 7) is 1.97. The summed E-state index contributed by atoms with van der Waals surface area (Å²) in [5.41, 5.74) is 9.71. The molecule has 5 nitrogen and oxygen atoms in total. The van der Waals surface area contributed by atoms with Crippen LogP contribution in [0.5, 0.6) is 0 Å². The molecule has 1 aromatic heterocycles. The van der Waals surface area contributed by atoms with E-state index < -0.39 is 0 Å². The van der Waals surface area contributed by atoms with Crippen molar-refractivity contribution in [1.82, 2.24) is 10.4 Å². The van der Waals surface area contributed by atoms with Gasteiger partial charge in [-0.1, -0.05) is 6.92 Å². The molecule has 0 aliphatic carbocycles. The topological polar surface area (TPSA) is 80.4 Å². The minimum Gasteiger partial charge on any atom is -0.384 e. The van der Waals surface area contributed by atoms with Crippen LogP contribution in [0.4, 0.5) is 5.82 Å². The highest BCUT2D eigenvalue weighted by Gasteiger charge is 2.21. The fourth-order valence-corrected chi connectivity index (χ4v) is 1.56. The van der Waals surface area contributed by atoms with Gasteiger partial charge in [-0.15, -0.1) is 0 Å². The van der Waals surface area contributed by atoms with E-state index in [1.807, 2.05) is 13.0 Å². The molecule has 0 aromatic carbocycles. The number of carbonyl (C=O) groups is 1. The second-order valence-electron chi connectivity index (χ2n) is 3.61. The second-order valence-corrected chi connectivity index (χ2v) is 3.61. The Morgan fingerprint density at radius 1 is 1.53 bits per heavy atom. The predicted octanol–water partition coefficient (Wildman–Crippen LogP) is 0.524. The lowest BCUT2D eigenvalue weighted by molar-refractivity contribution is -0.121. The lowest BCUT2D eigenvalue weighted by Gasteiger charge is -2.18. The molecule has 2 rings (SSSR count). The zero-order chi connectivity index (χ0) is 10.8. The lowest BCUT2D eigenvalue weighted by atomic mass is 9.95. The minimum atomic E-state index is -0.0466. The monoisotopic (exact) mass is 204 g/mol. The molecule has 5 heteroatoms. The number of nitrogen functional groups attached to an aromatic ring is 1. The maximum absolute atomic E-state index is 11.1. The number of hydrogen-bond acceptors (Lipinski definition) is 4. The molecular weight excluding hydrogens is 192 g/mol. The van der Waals surface area contributed by atoms with Gasteiger partial charge in [-0.25, -0.2) is 10.4 Å². The van der Waals surface area contributed by atoms with Crippen LogP contribution < -0.4 is 11.2 Å². The van der Waals surface area contributed by atoms with E-state index in [9.17, 15) is 4.79 Å². The molecular formula is C10H12N4O. The molecule has 1 aromatic rings. The highest BCUT2D eigenvalue weighted by atomic mass is 16.2. The van der Waals surface area contributed by atoms with Crippen molar-refractivity contribution in [3.05, 3.63) is 23.9 Å². The van der Waals surface area contributed by atoms with Crippen LogP contribution in [0, 0.1) is 5.92 Å². The summed E-state index contributed by atoms with van der Waals surface area (Å²) in [7, 11) is 0. The molecule has 0 bridgehead atoms. The van der Waals surface area contributed by atoms with Crippen LogP contribution in [0.3, 0.4) is 0 Å². The summed E-state index contributed by atoms with van der Waals surface area (Å²) >= 11 is 0. The van der Waals surface area contributed by atoms with Gasteiger partial charge in [0.05, 0.1) is 5.71 Å². The van der Waals surface area contributed by atoms with Gasteiger partial charge in [-0.2, -0.15) is 5.10 Å². The van der Waals surface area contributed by atoms with E-state index >= 15 is 0 Å². The summed E-state index contributed by atoms with van der Waals surface area (Å²) in [5.74, 6) is 0.547. The number of nitrogens with two attached hydrogens (primary N) is 1. The zero-order valence-electron chi connectivity index (χ0n) is 8.40. The molecule has 15 heavy (non-hydrogen) atoms. The van der Waals surface area contributed by atoms with Gasteiger partial charge in [-0.05, 0) is 12.1 Å². The fraction of sp³-hybridized carbons (Fsp3) is 0.300. The van der Waals surface area contributed by atoms with E-state index in [2.05, 4.69) is 15.5 Å². The summed E-state index contributed by atoms with van der Waals surface area (Å²) < 4.78 is 0. The number of hydrazone groups is 1. The number of pyridine rings is 1. The minimum absolute atomic E-state index is 0.0466. The van der Waals surface area contributed by atoms with Gasteiger partial charge in [0.2, 0.25) is 5.91 Å². The van der Waals surface area contributed by atoms with Gasteiger partial charge >= 0.3 is 0 Å². The largest absolute Gasteiger partial charge is 0.384 e. The number of nitrogens with zero attached hydrogens (tertiary/aromatic N) is 2. The maximum atomic E-state index is 11.1. The molecule has 1 aliphatic rings. The molecule has 0 radical (unpaired) electrons. The summed E-state index contributed by atoms with van der Waals surface area (Å²) in [6.07, 6.45) is 2.13. The van der Waals surface area contributed by atoms with Crippen LogP contribution in [0.25, 0.3) is 0 Å². The number of carbonyl (C=O) groups excluding carboxylic acids is 1. The second kappa shape index (κ2) is 3.68. The van der Waals surface area contributed by atoms with Crippen LogP contribution in [0.1, 0.15) is 18.9 Å². The number of anilines is 1. The molecule has 1 atom stereocenters. The Bertz CT molecular complexity index is 410. The normalized spacial score (nSPS) is 20.7. The Labute approximate surface area is 87.4 Å². The Morgan fingerprint density at radius 3 is 2.93 bits per heavy atom. The first-order chi connectivity index (χ1) is 7.16. The van der Waals surface area contributed by atoms with E-state index in [4.69, 9.17) is 5.73 Å². The summed E-state index contributed by atoms with van der Waals surface area (Å²) in [4.78, 5) is 15.0. The average Bonchev–Trinajstić information content (AvgIpc) is 2.20. The maximum Gasteiger partial charge on any atom is 0.240 e. The third kappa shape index (κ3) is 1.96. The first kappa shape index (κ1) is 9.64. The van der Waals surface area contributed by atoms with Crippen molar-refractivity contribution < 1.29 is 4.79 Å². The highest BCUT2D eigenvalue weighted by Crippen LogP contribution is 2.16. The lowest BCUT2D eigenvalue weighted by Crippen LogP contribution is -2.32. The van der Waals surface area contributed by atoms with E-state index in [0.717, 1.165) is 11.3 Å². The van der Waals surface area contributed by atoms with Crippen LogP contribution in [-0.4, -0.2) is 16.6 Å². The number of amides is 1. The van der Waals surface area contributed by atoms with Crippen molar-refractivity contribution in [3.8, 4) is 0 Å². The average molecular weight is 204 g/mol. The smallest absolute Gasteiger partial charge is 0.240 e. The highest BCUT2D eigenvalue weighted by molar-refractivity contribution is 6.05. The third-order valence-corrected chi connectivity index (χ3v) is 2.34. The first-order valence-electron chi connectivity index (χ1n) is 4.75. The predicted molar refractivity (Wildman–Crippen MR) is 57.1 cm³/mol. The number of aromatic nitrogens is 1. The Hall–Kier alpha value is -1.91. The van der Waals surface area contributed by atoms with Crippen LogP contribution in [0.2, 0.25) is 0 Å². The third-order valence-electron chi connectivity index (χ3n) is 2.34. The fourth-order valence-electron chi connectivity index (χ4n) is 1.56. The van der Waals surface area contributed by atoms with Gasteiger partial charge in [0.25, 0.3) is 0 Å². The molecule has 0 saturated carbocycles. The van der Waals surface area contributed by atoms with Crippen LogP contribution in [-0.2, 0) is 4.79 Å². The van der Waals surface area contributed by atoms with Crippen molar-refractivity contribution >= 4 is 17.4 Å². The van der Waals surface area contributed by atoms with Gasteiger partial charge < -0.3 is 5.73 Å². The molecule has 78 valence electrons. The Kier molecular flexibility index (Phi) is 2.37. The summed E-state index contributed by atoms with van der Waals surface area (Å²) in [6, 6.07) is 3.58. The molecule has 2 heterocycles. The van der Waals surface area contributed by atoms with Crippen molar-refractivity contribution in [2.45, 2.75) is 13.3 Å². The van der Waals surface area contributed by atoms with Crippen molar-refractivity contribution in [2.75, 3.05) is 5.73 Å². The van der Waals surface area contributed by atoms with Gasteiger partial charge in [-0.3, -0.25) is 4.79 Å². The van der Waals surface area contributed by atoms with Gasteiger partial charge in [0.1, 0.15) is 5.82 Å². The van der Waals surface area contributed by atoms with Crippen molar-refractivity contribution in [2.24, 2.45) is 11.0 Å². The van der Waals surface area contributed by atoms with E-state index in [0.29, 0.717) is 12.2 Å². The van der Waals surface area contributed by atoms with Gasteiger partial charge in [0.15, 0.2) is 0 Å². The standard InChI is InChI=1S/C10H12N4O/c1-6-4-9(15)13-14-10(6)7-2-3-8(11)12-5-7/h2-3,5-6H,4H2,1H3,(H2,11,12)(H,13,15). The number of rotatable bonds is 1. The molecule has 1 amide bonds. The van der Waals surface area contributed by atoms with Crippen molar-refractivity contribution in [1.29, 1.82) is 0 Å². The van der Waals surface area contributed by atoms with Crippen LogP contribution >= 0.6 is 0 Å². The Balaban J connectivity index is 2.31. The van der Waals surface area contributed by atoms with E-state index in [1.165, 1.54) is 0 Å². The van der Waals surface area contributed by atoms with E-state index in [1.54, 1.807) is 12.3 Å². The molecule has 3 N–H and O–H groups in total. The first-order valence-corrected chi connectivity index (χ1v) is 4.75. The molecule has 1 unspecified atom stereocenters. The number of hydrogen-bond donors (Lipinski definition) is 2. The van der Waals surface area contributed by atoms with Crippen molar-refractivity contribution in [3.63, 3.8) is 0 Å². The van der Waals surface area contributed by atoms with E-state index in [-0.39, 0.29) is 11.8 Å². The molecule has 0 fully saturated rings. The summed E-state index contributed by atoms with van der Waals surface area (Å²) in [5, 5.41) is 4.03. The molecule has 0 saturated heterocycles. The number of nitrogens with one attached hydrogen (secondary N) is 1.